The van der Waals surface area contributed by atoms with Crippen molar-refractivity contribution in [2.75, 3.05) is 0 Å². The van der Waals surface area contributed by atoms with Crippen LogP contribution < -0.4 is 0 Å². The highest BCUT2D eigenvalue weighted by Crippen LogP contribution is 2.26. The third kappa shape index (κ3) is 6.05. The molecule has 0 radical (unpaired) electrons. The van der Waals surface area contributed by atoms with E-state index < -0.39 is 12.0 Å². The Kier molecular flexibility index (Phi) is 6.43. The maximum absolute atomic E-state index is 14.0. The average molecular weight is 369 g/mol. The molecule has 0 aliphatic carbocycles. The maximum atomic E-state index is 14.0. The minimum atomic E-state index is -4.52. The molecule has 0 heterocycles. The second kappa shape index (κ2) is 8.34. The highest BCUT2D eigenvalue weighted by Gasteiger charge is 2.22. The van der Waals surface area contributed by atoms with Crippen LogP contribution in [0.5, 0.6) is 0 Å². The molecule has 0 aliphatic rings. The highest BCUT2D eigenvalue weighted by molar-refractivity contribution is 6.32. The van der Waals surface area contributed by atoms with Gasteiger partial charge in [-0.25, -0.2) is 4.39 Å². The van der Waals surface area contributed by atoms with Gasteiger partial charge in [-0.15, -0.1) is 0 Å². The standard InChI is InChI=1S/C20H17ClF4/c1-2-3-14-4-6-15(7-5-14)8-9-16-12-18(21)17(19(22)13-16)10-11-20(23,24)25/h4-13H,2-3H2,1H3. The SMILES string of the molecule is CCCc1ccc(C=Cc2cc(F)c(C=CC(F)(F)F)c(Cl)c2)cc1. The topological polar surface area (TPSA) is 0 Å². The summed E-state index contributed by atoms with van der Waals surface area (Å²) in [5.41, 5.74) is 2.39. The molecule has 2 aromatic rings. The van der Waals surface area contributed by atoms with Gasteiger partial charge in [-0.2, -0.15) is 13.2 Å². The lowest BCUT2D eigenvalue weighted by Crippen LogP contribution is -2.00. The van der Waals surface area contributed by atoms with E-state index in [4.69, 9.17) is 11.6 Å². The Labute approximate surface area is 149 Å². The zero-order valence-corrected chi connectivity index (χ0v) is 14.3. The van der Waals surface area contributed by atoms with E-state index in [1.54, 1.807) is 12.2 Å². The molecule has 0 saturated carbocycles. The third-order valence-corrected chi connectivity index (χ3v) is 3.84. The molecular weight excluding hydrogens is 352 g/mol. The Hall–Kier alpha value is -2.07. The van der Waals surface area contributed by atoms with Crippen molar-refractivity contribution in [3.8, 4) is 0 Å². The number of rotatable bonds is 5. The molecule has 0 bridgehead atoms. The van der Waals surface area contributed by atoms with E-state index in [1.165, 1.54) is 11.6 Å². The molecule has 0 atom stereocenters. The Balaban J connectivity index is 2.19. The molecule has 0 aromatic heterocycles. The van der Waals surface area contributed by atoms with Gasteiger partial charge in [0.05, 0.1) is 5.02 Å². The van der Waals surface area contributed by atoms with Gasteiger partial charge in [0.15, 0.2) is 0 Å². The van der Waals surface area contributed by atoms with Crippen LogP contribution >= 0.6 is 11.6 Å². The average Bonchev–Trinajstić information content (AvgIpc) is 2.52. The molecule has 132 valence electrons. The monoisotopic (exact) mass is 368 g/mol. The highest BCUT2D eigenvalue weighted by atomic mass is 35.5. The van der Waals surface area contributed by atoms with Gasteiger partial charge in [0, 0.05) is 11.6 Å². The first-order valence-electron chi connectivity index (χ1n) is 7.80. The minimum Gasteiger partial charge on any atom is -0.206 e. The molecule has 5 heteroatoms. The summed E-state index contributed by atoms with van der Waals surface area (Å²) in [6, 6.07) is 10.6. The van der Waals surface area contributed by atoms with Crippen molar-refractivity contribution >= 4 is 29.8 Å². The molecule has 0 nitrogen and oxygen atoms in total. The van der Waals surface area contributed by atoms with Gasteiger partial charge in [0.1, 0.15) is 5.82 Å². The number of alkyl halides is 3. The van der Waals surface area contributed by atoms with Gasteiger partial charge >= 0.3 is 6.18 Å². The van der Waals surface area contributed by atoms with E-state index in [0.717, 1.165) is 24.5 Å². The summed E-state index contributed by atoms with van der Waals surface area (Å²) in [5, 5.41) is -0.0709. The normalized spacial score (nSPS) is 12.4. The van der Waals surface area contributed by atoms with Crippen molar-refractivity contribution in [1.82, 2.24) is 0 Å². The van der Waals surface area contributed by atoms with Crippen LogP contribution in [0.4, 0.5) is 17.6 Å². The molecule has 0 N–H and O–H groups in total. The number of allylic oxidation sites excluding steroid dienone is 1. The fourth-order valence-corrected chi connectivity index (χ4v) is 2.59. The number of halogens is 5. The maximum Gasteiger partial charge on any atom is 0.409 e. The molecule has 0 aliphatic heterocycles. The Bertz CT molecular complexity index is 748. The van der Waals surface area contributed by atoms with Crippen LogP contribution in [0.2, 0.25) is 5.02 Å². The first kappa shape index (κ1) is 19.3. The first-order valence-corrected chi connectivity index (χ1v) is 8.18. The third-order valence-electron chi connectivity index (χ3n) is 3.53. The van der Waals surface area contributed by atoms with E-state index in [-0.39, 0.29) is 16.7 Å². The molecular formula is C20H17ClF4. The molecule has 0 amide bonds. The van der Waals surface area contributed by atoms with Crippen LogP contribution in [-0.2, 0) is 6.42 Å². The molecule has 0 saturated heterocycles. The van der Waals surface area contributed by atoms with Crippen LogP contribution in [0.25, 0.3) is 18.2 Å². The zero-order chi connectivity index (χ0) is 18.4. The second-order valence-corrected chi connectivity index (χ2v) is 6.01. The summed E-state index contributed by atoms with van der Waals surface area (Å²) < 4.78 is 50.6. The van der Waals surface area contributed by atoms with Gasteiger partial charge in [-0.3, -0.25) is 0 Å². The zero-order valence-electron chi connectivity index (χ0n) is 13.6. The predicted octanol–water partition coefficient (Wildman–Crippen LogP) is 7.18. The number of benzene rings is 2. The van der Waals surface area contributed by atoms with Crippen LogP contribution in [0, 0.1) is 5.82 Å². The van der Waals surface area contributed by atoms with Gasteiger partial charge in [0.2, 0.25) is 0 Å². The van der Waals surface area contributed by atoms with Crippen LogP contribution in [0.3, 0.4) is 0 Å². The first-order chi connectivity index (χ1) is 11.8. The Morgan fingerprint density at radius 3 is 2.16 bits per heavy atom. The molecule has 0 fully saturated rings. The molecule has 2 aromatic carbocycles. The van der Waals surface area contributed by atoms with E-state index in [2.05, 4.69) is 6.92 Å². The van der Waals surface area contributed by atoms with Gasteiger partial charge in [-0.1, -0.05) is 61.4 Å². The van der Waals surface area contributed by atoms with E-state index in [9.17, 15) is 17.6 Å². The summed E-state index contributed by atoms with van der Waals surface area (Å²) in [6.07, 6.45) is 1.63. The van der Waals surface area contributed by atoms with E-state index in [1.807, 2.05) is 24.3 Å². The summed E-state index contributed by atoms with van der Waals surface area (Å²) in [4.78, 5) is 0. The molecule has 0 spiro atoms. The van der Waals surface area contributed by atoms with Crippen LogP contribution in [0.15, 0.2) is 42.5 Å². The minimum absolute atomic E-state index is 0.0370. The summed E-state index contributed by atoms with van der Waals surface area (Å²) in [5.74, 6) is -0.800. The van der Waals surface area contributed by atoms with Crippen molar-refractivity contribution < 1.29 is 17.6 Å². The number of hydrogen-bond donors (Lipinski definition) is 0. The number of hydrogen-bond acceptors (Lipinski definition) is 0. The van der Waals surface area contributed by atoms with Gasteiger partial charge in [-0.05, 0) is 41.3 Å². The van der Waals surface area contributed by atoms with Crippen molar-refractivity contribution in [2.45, 2.75) is 25.9 Å². The predicted molar refractivity (Wildman–Crippen MR) is 95.9 cm³/mol. The quantitative estimate of drug-likeness (QED) is 0.387. The van der Waals surface area contributed by atoms with Gasteiger partial charge < -0.3 is 0 Å². The Morgan fingerprint density at radius 1 is 0.960 bits per heavy atom. The lowest BCUT2D eigenvalue weighted by atomic mass is 10.1. The van der Waals surface area contributed by atoms with Crippen molar-refractivity contribution in [3.05, 3.63) is 75.6 Å². The van der Waals surface area contributed by atoms with Crippen molar-refractivity contribution in [2.24, 2.45) is 0 Å². The fraction of sp³-hybridized carbons (Fsp3) is 0.200. The van der Waals surface area contributed by atoms with E-state index >= 15 is 0 Å². The molecule has 25 heavy (non-hydrogen) atoms. The second-order valence-electron chi connectivity index (χ2n) is 5.60. The summed E-state index contributed by atoms with van der Waals surface area (Å²) >= 11 is 5.91. The summed E-state index contributed by atoms with van der Waals surface area (Å²) in [6.45, 7) is 2.11. The molecule has 0 unspecified atom stereocenters. The van der Waals surface area contributed by atoms with Gasteiger partial charge in [0.25, 0.3) is 0 Å². The fourth-order valence-electron chi connectivity index (χ4n) is 2.31. The lowest BCUT2D eigenvalue weighted by Gasteiger charge is -2.04. The van der Waals surface area contributed by atoms with Crippen LogP contribution in [-0.4, -0.2) is 6.18 Å². The van der Waals surface area contributed by atoms with Crippen LogP contribution in [0.1, 0.15) is 35.6 Å². The smallest absolute Gasteiger partial charge is 0.206 e. The Morgan fingerprint density at radius 2 is 1.60 bits per heavy atom. The number of aryl methyl sites for hydroxylation is 1. The van der Waals surface area contributed by atoms with E-state index in [0.29, 0.717) is 11.6 Å². The largest absolute Gasteiger partial charge is 0.409 e. The van der Waals surface area contributed by atoms with Crippen molar-refractivity contribution in [1.29, 1.82) is 0 Å². The summed E-state index contributed by atoms with van der Waals surface area (Å²) in [7, 11) is 0. The lowest BCUT2D eigenvalue weighted by molar-refractivity contribution is -0.0790. The van der Waals surface area contributed by atoms with Crippen molar-refractivity contribution in [3.63, 3.8) is 0 Å². The molecule has 2 rings (SSSR count).